The Bertz CT molecular complexity index is 347. The minimum atomic E-state index is -4.45. The van der Waals surface area contributed by atoms with E-state index in [1.165, 1.54) is 4.90 Å². The first-order chi connectivity index (χ1) is 8.70. The first-order valence-corrected chi connectivity index (χ1v) is 5.94. The highest BCUT2D eigenvalue weighted by Gasteiger charge is 2.32. The van der Waals surface area contributed by atoms with E-state index in [0.717, 1.165) is 0 Å². The van der Waals surface area contributed by atoms with Crippen molar-refractivity contribution in [3.63, 3.8) is 0 Å². The average Bonchev–Trinajstić information content (AvgIpc) is 2.27. The van der Waals surface area contributed by atoms with Crippen LogP contribution in [-0.2, 0) is 14.3 Å². The second-order valence-electron chi connectivity index (χ2n) is 4.68. The van der Waals surface area contributed by atoms with E-state index in [2.05, 4.69) is 4.74 Å². The van der Waals surface area contributed by atoms with Crippen molar-refractivity contribution in [1.29, 1.82) is 0 Å². The second kappa shape index (κ2) is 6.23. The third-order valence-corrected chi connectivity index (χ3v) is 3.10. The number of rotatable bonds is 4. The van der Waals surface area contributed by atoms with Gasteiger partial charge in [-0.25, -0.2) is 0 Å². The molecule has 0 aromatic rings. The lowest BCUT2D eigenvalue weighted by molar-refractivity contribution is -0.178. The van der Waals surface area contributed by atoms with E-state index in [0.29, 0.717) is 12.8 Å². The summed E-state index contributed by atoms with van der Waals surface area (Å²) in [5.74, 6) is -1.49. The maximum Gasteiger partial charge on any atom is 0.411 e. The van der Waals surface area contributed by atoms with Gasteiger partial charge in [-0.15, -0.1) is 0 Å². The molecule has 1 aliphatic rings. The van der Waals surface area contributed by atoms with E-state index >= 15 is 0 Å². The summed E-state index contributed by atoms with van der Waals surface area (Å²) in [6, 6.07) is -0.127. The largest absolute Gasteiger partial charge is 0.411 e. The van der Waals surface area contributed by atoms with Gasteiger partial charge in [0.25, 0.3) is 0 Å². The number of hydrogen-bond donors (Lipinski definition) is 1. The standard InChI is InChI=1S/C11H17F3N2O3/c1-7-2-3-8(10(15)18)4-16(7)9(17)5-19-6-11(12,13)14/h7-8H,2-6H2,1H3,(H2,15,18)/t7-,8-/m0/s1. The van der Waals surface area contributed by atoms with E-state index in [1.807, 2.05) is 0 Å². The van der Waals surface area contributed by atoms with Gasteiger partial charge in [-0.1, -0.05) is 0 Å². The molecule has 0 aliphatic carbocycles. The van der Waals surface area contributed by atoms with Crippen LogP contribution < -0.4 is 5.73 Å². The van der Waals surface area contributed by atoms with Crippen LogP contribution in [-0.4, -0.2) is 48.7 Å². The number of carbonyl (C=O) groups is 2. The number of primary amides is 1. The molecule has 0 bridgehead atoms. The summed E-state index contributed by atoms with van der Waals surface area (Å²) in [7, 11) is 0. The zero-order chi connectivity index (χ0) is 14.6. The number of nitrogens with zero attached hydrogens (tertiary/aromatic N) is 1. The molecular weight excluding hydrogens is 265 g/mol. The topological polar surface area (TPSA) is 72.6 Å². The number of ether oxygens (including phenoxy) is 1. The van der Waals surface area contributed by atoms with Crippen molar-refractivity contribution in [2.45, 2.75) is 32.0 Å². The first-order valence-electron chi connectivity index (χ1n) is 5.94. The van der Waals surface area contributed by atoms with E-state index in [9.17, 15) is 22.8 Å². The molecule has 0 aromatic heterocycles. The predicted octanol–water partition coefficient (Wildman–Crippen LogP) is 0.678. The minimum Gasteiger partial charge on any atom is -0.369 e. The van der Waals surface area contributed by atoms with Crippen LogP contribution in [0, 0.1) is 5.92 Å². The third-order valence-electron chi connectivity index (χ3n) is 3.10. The summed E-state index contributed by atoms with van der Waals surface area (Å²) in [5, 5.41) is 0. The third kappa shape index (κ3) is 5.06. The first kappa shape index (κ1) is 15.7. The number of likely N-dealkylation sites (tertiary alicyclic amines) is 1. The van der Waals surface area contributed by atoms with Gasteiger partial charge >= 0.3 is 6.18 Å². The molecule has 8 heteroatoms. The zero-order valence-electron chi connectivity index (χ0n) is 10.6. The number of alkyl halides is 3. The number of halogens is 3. The Morgan fingerprint density at radius 2 is 2.00 bits per heavy atom. The minimum absolute atomic E-state index is 0.127. The SMILES string of the molecule is C[C@H]1CC[C@H](C(N)=O)CN1C(=O)COCC(F)(F)F. The quantitative estimate of drug-likeness (QED) is 0.824. The molecule has 2 N–H and O–H groups in total. The van der Waals surface area contributed by atoms with Crippen LogP contribution in [0.25, 0.3) is 0 Å². The molecule has 1 rings (SSSR count). The highest BCUT2D eigenvalue weighted by molar-refractivity contribution is 5.81. The maximum absolute atomic E-state index is 11.9. The van der Waals surface area contributed by atoms with Crippen molar-refractivity contribution < 1.29 is 27.5 Å². The smallest absolute Gasteiger partial charge is 0.369 e. The molecule has 0 radical (unpaired) electrons. The fourth-order valence-corrected chi connectivity index (χ4v) is 2.02. The van der Waals surface area contributed by atoms with Gasteiger partial charge in [-0.3, -0.25) is 9.59 Å². The van der Waals surface area contributed by atoms with E-state index < -0.39 is 37.1 Å². The molecule has 5 nitrogen and oxygen atoms in total. The molecule has 110 valence electrons. The molecule has 0 unspecified atom stereocenters. The van der Waals surface area contributed by atoms with Gasteiger partial charge in [-0.05, 0) is 19.8 Å². The van der Waals surface area contributed by atoms with Gasteiger partial charge in [0.2, 0.25) is 11.8 Å². The highest BCUT2D eigenvalue weighted by Crippen LogP contribution is 2.22. The Hall–Kier alpha value is -1.31. The van der Waals surface area contributed by atoms with Crippen molar-refractivity contribution in [2.24, 2.45) is 11.7 Å². The Labute approximate surface area is 108 Å². The van der Waals surface area contributed by atoms with Crippen molar-refractivity contribution in [3.05, 3.63) is 0 Å². The fraction of sp³-hybridized carbons (Fsp3) is 0.818. The number of piperidine rings is 1. The monoisotopic (exact) mass is 282 g/mol. The summed E-state index contributed by atoms with van der Waals surface area (Å²) < 4.78 is 40.0. The Morgan fingerprint density at radius 3 is 2.53 bits per heavy atom. The molecule has 2 amide bonds. The summed E-state index contributed by atoms with van der Waals surface area (Å²) >= 11 is 0. The summed E-state index contributed by atoms with van der Waals surface area (Å²) in [4.78, 5) is 24.2. The molecule has 2 atom stereocenters. The van der Waals surface area contributed by atoms with Crippen LogP contribution in [0.15, 0.2) is 0 Å². The molecule has 1 heterocycles. The van der Waals surface area contributed by atoms with Crippen molar-refractivity contribution in [1.82, 2.24) is 4.90 Å². The van der Waals surface area contributed by atoms with Crippen molar-refractivity contribution >= 4 is 11.8 Å². The number of amides is 2. The van der Waals surface area contributed by atoms with E-state index in [1.54, 1.807) is 6.92 Å². The van der Waals surface area contributed by atoms with E-state index in [-0.39, 0.29) is 12.6 Å². The van der Waals surface area contributed by atoms with Crippen LogP contribution in [0.3, 0.4) is 0 Å². The number of nitrogens with two attached hydrogens (primary N) is 1. The maximum atomic E-state index is 11.9. The van der Waals surface area contributed by atoms with Gasteiger partial charge in [0.15, 0.2) is 0 Å². The molecule has 1 fully saturated rings. The van der Waals surface area contributed by atoms with Crippen LogP contribution >= 0.6 is 0 Å². The second-order valence-corrected chi connectivity index (χ2v) is 4.68. The summed E-state index contributed by atoms with van der Waals surface area (Å²) in [6.45, 7) is -0.181. The van der Waals surface area contributed by atoms with Crippen LogP contribution in [0.4, 0.5) is 13.2 Å². The van der Waals surface area contributed by atoms with Gasteiger partial charge < -0.3 is 15.4 Å². The number of carbonyl (C=O) groups excluding carboxylic acids is 2. The molecule has 19 heavy (non-hydrogen) atoms. The number of hydrogen-bond acceptors (Lipinski definition) is 3. The van der Waals surface area contributed by atoms with Crippen LogP contribution in [0.2, 0.25) is 0 Å². The lowest BCUT2D eigenvalue weighted by Gasteiger charge is -2.36. The van der Waals surface area contributed by atoms with Gasteiger partial charge in [0, 0.05) is 12.6 Å². The predicted molar refractivity (Wildman–Crippen MR) is 60.0 cm³/mol. The Morgan fingerprint density at radius 1 is 1.37 bits per heavy atom. The van der Waals surface area contributed by atoms with Crippen LogP contribution in [0.1, 0.15) is 19.8 Å². The molecule has 0 spiro atoms. The highest BCUT2D eigenvalue weighted by atomic mass is 19.4. The normalized spacial score (nSPS) is 24.3. The van der Waals surface area contributed by atoms with Crippen molar-refractivity contribution in [2.75, 3.05) is 19.8 Å². The van der Waals surface area contributed by atoms with Crippen molar-refractivity contribution in [3.8, 4) is 0 Å². The molecule has 0 saturated carbocycles. The summed E-state index contributed by atoms with van der Waals surface area (Å²) in [6.07, 6.45) is -3.27. The van der Waals surface area contributed by atoms with E-state index in [4.69, 9.17) is 5.73 Å². The van der Waals surface area contributed by atoms with Gasteiger partial charge in [0.1, 0.15) is 13.2 Å². The Balaban J connectivity index is 2.47. The summed E-state index contributed by atoms with van der Waals surface area (Å²) in [5.41, 5.74) is 5.18. The molecule has 1 aliphatic heterocycles. The fourth-order valence-electron chi connectivity index (χ4n) is 2.02. The lowest BCUT2D eigenvalue weighted by Crippen LogP contribution is -2.49. The molecule has 1 saturated heterocycles. The molecular formula is C11H17F3N2O3. The lowest BCUT2D eigenvalue weighted by atomic mass is 9.93. The Kier molecular flexibility index (Phi) is 5.16. The van der Waals surface area contributed by atoms with Gasteiger partial charge in [0.05, 0.1) is 5.92 Å². The zero-order valence-corrected chi connectivity index (χ0v) is 10.6. The van der Waals surface area contributed by atoms with Gasteiger partial charge in [-0.2, -0.15) is 13.2 Å². The van der Waals surface area contributed by atoms with Crippen LogP contribution in [0.5, 0.6) is 0 Å². The average molecular weight is 282 g/mol. The molecule has 0 aromatic carbocycles.